The molecule has 0 amide bonds. The van der Waals surface area contributed by atoms with Crippen LogP contribution in [0.15, 0.2) is 16.7 Å². The maximum atomic E-state index is 5.39. The maximum absolute atomic E-state index is 5.39. The minimum absolute atomic E-state index is 0.719. The van der Waals surface area contributed by atoms with E-state index in [2.05, 4.69) is 37.2 Å². The van der Waals surface area contributed by atoms with Crippen molar-refractivity contribution >= 4 is 0 Å². The molecule has 3 nitrogen and oxygen atoms in total. The van der Waals surface area contributed by atoms with E-state index in [0.717, 1.165) is 30.8 Å². The van der Waals surface area contributed by atoms with Gasteiger partial charge in [0.25, 0.3) is 0 Å². The summed E-state index contributed by atoms with van der Waals surface area (Å²) in [6.07, 6.45) is 8.54. The van der Waals surface area contributed by atoms with Crippen molar-refractivity contribution in [1.29, 1.82) is 0 Å². The summed E-state index contributed by atoms with van der Waals surface area (Å²) < 4.78 is 5.39. The highest BCUT2D eigenvalue weighted by atomic mass is 16.3. The van der Waals surface area contributed by atoms with Gasteiger partial charge in [0.2, 0.25) is 0 Å². The van der Waals surface area contributed by atoms with Crippen molar-refractivity contribution in [1.82, 2.24) is 10.2 Å². The molecule has 1 aromatic heterocycles. The Labute approximate surface area is 123 Å². The summed E-state index contributed by atoms with van der Waals surface area (Å²) in [6, 6.07) is 2.82. The normalized spacial score (nSPS) is 23.4. The minimum Gasteiger partial charge on any atom is -0.469 e. The Bertz CT molecular complexity index is 388. The number of nitrogens with zero attached hydrogens (tertiary/aromatic N) is 1. The first-order chi connectivity index (χ1) is 9.70. The third kappa shape index (κ3) is 4.35. The van der Waals surface area contributed by atoms with Crippen LogP contribution in [0.5, 0.6) is 0 Å². The maximum Gasteiger partial charge on any atom is 0.105 e. The number of hydrogen-bond acceptors (Lipinski definition) is 3. The van der Waals surface area contributed by atoms with Gasteiger partial charge in [-0.3, -0.25) is 0 Å². The van der Waals surface area contributed by atoms with Crippen LogP contribution in [-0.2, 0) is 6.54 Å². The van der Waals surface area contributed by atoms with Crippen LogP contribution in [0.1, 0.15) is 50.4 Å². The van der Waals surface area contributed by atoms with E-state index in [1.807, 2.05) is 0 Å². The van der Waals surface area contributed by atoms with E-state index in [0.29, 0.717) is 0 Å². The molecule has 114 valence electrons. The molecule has 1 N–H and O–H groups in total. The Morgan fingerprint density at radius 3 is 2.85 bits per heavy atom. The highest BCUT2D eigenvalue weighted by molar-refractivity contribution is 5.15. The number of nitrogens with one attached hydrogen (secondary N) is 1. The first-order valence-corrected chi connectivity index (χ1v) is 8.15. The van der Waals surface area contributed by atoms with Crippen LogP contribution in [0, 0.1) is 12.8 Å². The highest BCUT2D eigenvalue weighted by Gasteiger charge is 2.25. The monoisotopic (exact) mass is 278 g/mol. The predicted octanol–water partition coefficient (Wildman–Crippen LogP) is 3.58. The van der Waals surface area contributed by atoms with Gasteiger partial charge >= 0.3 is 0 Å². The molecule has 0 bridgehead atoms. The molecule has 1 heterocycles. The molecule has 0 aliphatic heterocycles. The molecule has 0 saturated heterocycles. The Balaban J connectivity index is 1.84. The number of furan rings is 1. The SMILES string of the molecule is CCCNC1CCCCC1CN(C)Cc1ccoc1C. The zero-order chi connectivity index (χ0) is 14.4. The van der Waals surface area contributed by atoms with Gasteiger partial charge in [-0.05, 0) is 51.8 Å². The molecule has 20 heavy (non-hydrogen) atoms. The number of rotatable bonds is 7. The Morgan fingerprint density at radius 1 is 1.35 bits per heavy atom. The average Bonchev–Trinajstić information content (AvgIpc) is 2.83. The van der Waals surface area contributed by atoms with Crippen molar-refractivity contribution in [3.8, 4) is 0 Å². The van der Waals surface area contributed by atoms with E-state index < -0.39 is 0 Å². The lowest BCUT2D eigenvalue weighted by atomic mass is 9.84. The lowest BCUT2D eigenvalue weighted by Crippen LogP contribution is -2.43. The fraction of sp³-hybridized carbons (Fsp3) is 0.765. The Kier molecular flexibility index (Phi) is 6.11. The van der Waals surface area contributed by atoms with Gasteiger partial charge in [0, 0.05) is 24.7 Å². The van der Waals surface area contributed by atoms with E-state index in [1.165, 1.54) is 44.2 Å². The van der Waals surface area contributed by atoms with Gasteiger partial charge in [-0.15, -0.1) is 0 Å². The van der Waals surface area contributed by atoms with Gasteiger partial charge < -0.3 is 14.6 Å². The second-order valence-corrected chi connectivity index (χ2v) is 6.30. The molecule has 0 spiro atoms. The third-order valence-corrected chi connectivity index (χ3v) is 4.52. The summed E-state index contributed by atoms with van der Waals surface area (Å²) in [7, 11) is 2.23. The summed E-state index contributed by atoms with van der Waals surface area (Å²) in [6.45, 7) is 7.64. The smallest absolute Gasteiger partial charge is 0.105 e. The van der Waals surface area contributed by atoms with E-state index in [9.17, 15) is 0 Å². The molecule has 0 radical (unpaired) electrons. The van der Waals surface area contributed by atoms with Crippen molar-refractivity contribution in [3.05, 3.63) is 23.7 Å². The fourth-order valence-electron chi connectivity index (χ4n) is 3.36. The topological polar surface area (TPSA) is 28.4 Å². The molecule has 1 aliphatic rings. The van der Waals surface area contributed by atoms with E-state index in [4.69, 9.17) is 4.42 Å². The van der Waals surface area contributed by atoms with Gasteiger partial charge in [-0.25, -0.2) is 0 Å². The fourth-order valence-corrected chi connectivity index (χ4v) is 3.36. The van der Waals surface area contributed by atoms with Crippen molar-refractivity contribution in [3.63, 3.8) is 0 Å². The van der Waals surface area contributed by atoms with E-state index in [-0.39, 0.29) is 0 Å². The van der Waals surface area contributed by atoms with Gasteiger partial charge in [-0.2, -0.15) is 0 Å². The predicted molar refractivity (Wildman–Crippen MR) is 83.8 cm³/mol. The zero-order valence-corrected chi connectivity index (χ0v) is 13.3. The molecular weight excluding hydrogens is 248 g/mol. The van der Waals surface area contributed by atoms with Crippen LogP contribution in [-0.4, -0.2) is 31.1 Å². The summed E-state index contributed by atoms with van der Waals surface area (Å²) in [5.41, 5.74) is 1.32. The lowest BCUT2D eigenvalue weighted by Gasteiger charge is -2.35. The zero-order valence-electron chi connectivity index (χ0n) is 13.3. The molecule has 1 saturated carbocycles. The molecule has 2 unspecified atom stereocenters. The number of hydrogen-bond donors (Lipinski definition) is 1. The average molecular weight is 278 g/mol. The van der Waals surface area contributed by atoms with Crippen LogP contribution in [0.4, 0.5) is 0 Å². The molecule has 1 aromatic rings. The molecule has 2 rings (SSSR count). The minimum atomic E-state index is 0.719. The van der Waals surface area contributed by atoms with Gasteiger partial charge in [0.1, 0.15) is 5.76 Å². The quantitative estimate of drug-likeness (QED) is 0.826. The Hall–Kier alpha value is -0.800. The van der Waals surface area contributed by atoms with E-state index in [1.54, 1.807) is 6.26 Å². The van der Waals surface area contributed by atoms with Crippen LogP contribution in [0.2, 0.25) is 0 Å². The summed E-state index contributed by atoms with van der Waals surface area (Å²) >= 11 is 0. The first-order valence-electron chi connectivity index (χ1n) is 8.15. The highest BCUT2D eigenvalue weighted by Crippen LogP contribution is 2.25. The van der Waals surface area contributed by atoms with Crippen LogP contribution in [0.25, 0.3) is 0 Å². The third-order valence-electron chi connectivity index (χ3n) is 4.52. The number of aryl methyl sites for hydroxylation is 1. The van der Waals surface area contributed by atoms with Crippen molar-refractivity contribution in [2.75, 3.05) is 20.1 Å². The standard InChI is InChI=1S/C17H30N2O/c1-4-10-18-17-8-6-5-7-16(17)13-19(3)12-15-9-11-20-14(15)2/h9,11,16-18H,4-8,10,12-13H2,1-3H3. The van der Waals surface area contributed by atoms with Crippen molar-refractivity contribution in [2.45, 2.75) is 58.5 Å². The summed E-state index contributed by atoms with van der Waals surface area (Å²) in [5, 5.41) is 3.75. The van der Waals surface area contributed by atoms with Crippen LogP contribution < -0.4 is 5.32 Å². The van der Waals surface area contributed by atoms with Gasteiger partial charge in [0.05, 0.1) is 6.26 Å². The second-order valence-electron chi connectivity index (χ2n) is 6.30. The summed E-state index contributed by atoms with van der Waals surface area (Å²) in [4.78, 5) is 2.45. The van der Waals surface area contributed by atoms with Gasteiger partial charge in [-0.1, -0.05) is 19.8 Å². The molecule has 1 fully saturated rings. The first kappa shape index (κ1) is 15.6. The molecule has 2 atom stereocenters. The second kappa shape index (κ2) is 7.84. The van der Waals surface area contributed by atoms with Gasteiger partial charge in [0.15, 0.2) is 0 Å². The largest absolute Gasteiger partial charge is 0.469 e. The molecular formula is C17H30N2O. The molecule has 1 aliphatic carbocycles. The lowest BCUT2D eigenvalue weighted by molar-refractivity contribution is 0.185. The van der Waals surface area contributed by atoms with Crippen LogP contribution >= 0.6 is 0 Å². The molecule has 0 aromatic carbocycles. The summed E-state index contributed by atoms with van der Waals surface area (Å²) in [5.74, 6) is 1.86. The van der Waals surface area contributed by atoms with Crippen molar-refractivity contribution < 1.29 is 4.42 Å². The van der Waals surface area contributed by atoms with Crippen molar-refractivity contribution in [2.24, 2.45) is 5.92 Å². The van der Waals surface area contributed by atoms with E-state index >= 15 is 0 Å². The molecule has 3 heteroatoms. The Morgan fingerprint density at radius 2 is 2.15 bits per heavy atom. The van der Waals surface area contributed by atoms with Crippen LogP contribution in [0.3, 0.4) is 0 Å².